The summed E-state index contributed by atoms with van der Waals surface area (Å²) in [6, 6.07) is 12.2. The van der Waals surface area contributed by atoms with Crippen molar-refractivity contribution >= 4 is 38.3 Å². The number of carbonyl (C=O) groups excluding carboxylic acids is 1. The van der Waals surface area contributed by atoms with E-state index in [4.69, 9.17) is 4.74 Å². The molecule has 1 atom stereocenters. The minimum atomic E-state index is -0.220. The number of hydrogen-bond donors (Lipinski definition) is 0. The first-order chi connectivity index (χ1) is 11.9. The molecule has 0 bridgehead atoms. The Bertz CT molecular complexity index is 774. The Kier molecular flexibility index (Phi) is 7.96. The zero-order valence-corrected chi connectivity index (χ0v) is 19.3. The van der Waals surface area contributed by atoms with Crippen LogP contribution in [0.3, 0.4) is 0 Å². The van der Waals surface area contributed by atoms with Crippen molar-refractivity contribution in [1.29, 1.82) is 0 Å². The van der Waals surface area contributed by atoms with Crippen LogP contribution in [0.2, 0.25) is 0 Å². The van der Waals surface area contributed by atoms with E-state index in [2.05, 4.69) is 32.9 Å². The summed E-state index contributed by atoms with van der Waals surface area (Å²) in [6.07, 6.45) is 0. The second kappa shape index (κ2) is 8.96. The molecule has 141 valence electrons. The van der Waals surface area contributed by atoms with Gasteiger partial charge in [0.15, 0.2) is 5.52 Å². The van der Waals surface area contributed by atoms with Gasteiger partial charge in [-0.1, -0.05) is 45.0 Å². The number of rotatable bonds is 4. The summed E-state index contributed by atoms with van der Waals surface area (Å²) in [4.78, 5) is 12.9. The predicted octanol–water partition coefficient (Wildman–Crippen LogP) is 5.54. The summed E-state index contributed by atoms with van der Waals surface area (Å²) < 4.78 is 5.85. The largest absolute Gasteiger partial charge is 0.488 e. The van der Waals surface area contributed by atoms with Crippen LogP contribution in [0.4, 0.5) is 0 Å². The molecular formula is C23H31LiO2P. The Morgan fingerprint density at radius 3 is 1.78 bits per heavy atom. The van der Waals surface area contributed by atoms with Gasteiger partial charge in [0.25, 0.3) is 0 Å². The minimum Gasteiger partial charge on any atom is -0.488 e. The molecule has 0 saturated heterocycles. The molecule has 0 aliphatic heterocycles. The molecule has 1 unspecified atom stereocenters. The van der Waals surface area contributed by atoms with E-state index in [-0.39, 0.29) is 44.0 Å². The maximum Gasteiger partial charge on any atom is 0.186 e. The Hall–Kier alpha value is -1.06. The van der Waals surface area contributed by atoms with Gasteiger partial charge in [0.05, 0.1) is 0 Å². The number of carbonyl (C=O) groups is 1. The van der Waals surface area contributed by atoms with E-state index in [9.17, 15) is 4.79 Å². The first-order valence-electron chi connectivity index (χ1n) is 9.09. The van der Waals surface area contributed by atoms with Crippen LogP contribution < -0.4 is 10.0 Å². The van der Waals surface area contributed by atoms with Gasteiger partial charge in [-0.15, -0.1) is 0 Å². The van der Waals surface area contributed by atoms with Crippen molar-refractivity contribution in [3.8, 4) is 5.75 Å². The molecule has 0 aromatic heterocycles. The molecule has 0 spiro atoms. The van der Waals surface area contributed by atoms with Crippen molar-refractivity contribution in [2.45, 2.75) is 66.4 Å². The van der Waals surface area contributed by atoms with Crippen LogP contribution in [0, 0.1) is 13.8 Å². The summed E-state index contributed by atoms with van der Waals surface area (Å²) in [5.41, 5.74) is 4.35. The van der Waals surface area contributed by atoms with Gasteiger partial charge in [-0.25, -0.2) is 0 Å². The predicted molar refractivity (Wildman–Crippen MR) is 119 cm³/mol. The average Bonchev–Trinajstić information content (AvgIpc) is 2.46. The zero-order chi connectivity index (χ0) is 19.7. The molecule has 2 nitrogen and oxygen atoms in total. The van der Waals surface area contributed by atoms with Gasteiger partial charge < -0.3 is 4.74 Å². The van der Waals surface area contributed by atoms with Crippen LogP contribution in [-0.2, 0) is 5.41 Å². The van der Waals surface area contributed by atoms with E-state index >= 15 is 0 Å². The van der Waals surface area contributed by atoms with Crippen molar-refractivity contribution in [1.82, 2.24) is 0 Å². The van der Waals surface area contributed by atoms with E-state index in [0.717, 1.165) is 27.7 Å². The van der Waals surface area contributed by atoms with Crippen LogP contribution >= 0.6 is 8.58 Å². The van der Waals surface area contributed by atoms with Crippen LogP contribution in [0.15, 0.2) is 36.4 Å². The SMILES string of the molecule is Cc1cc(C(C)(C)C)cc(C)c1C(=O)Pc1ccc(OC(C)(C)C)cc1.[Li]. The first-order valence-corrected chi connectivity index (χ1v) is 10.1. The summed E-state index contributed by atoms with van der Waals surface area (Å²) >= 11 is 0. The molecule has 0 aliphatic rings. The Morgan fingerprint density at radius 2 is 1.37 bits per heavy atom. The normalized spacial score (nSPS) is 12.1. The number of ether oxygens (including phenoxy) is 1. The first kappa shape index (κ1) is 24.0. The second-order valence-corrected chi connectivity index (χ2v) is 10.2. The van der Waals surface area contributed by atoms with Gasteiger partial charge in [0.2, 0.25) is 0 Å². The molecule has 27 heavy (non-hydrogen) atoms. The molecule has 2 aromatic rings. The maximum absolute atomic E-state index is 12.9. The minimum absolute atomic E-state index is 0. The monoisotopic (exact) mass is 377 g/mol. The molecule has 0 N–H and O–H groups in total. The molecular weight excluding hydrogens is 346 g/mol. The van der Waals surface area contributed by atoms with E-state index in [1.807, 2.05) is 58.9 Å². The van der Waals surface area contributed by atoms with E-state index in [1.54, 1.807) is 0 Å². The van der Waals surface area contributed by atoms with Crippen molar-refractivity contribution < 1.29 is 9.53 Å². The second-order valence-electron chi connectivity index (χ2n) is 8.93. The van der Waals surface area contributed by atoms with Gasteiger partial charge in [-0.05, 0) is 82.7 Å². The standard InChI is InChI=1S/C23H31O2P.Li/c1-15-13-17(22(3,4)5)14-16(2)20(15)21(24)26-19-11-9-18(10-12-19)25-23(6,7)8;/h9-14,26H,1-8H3;. The van der Waals surface area contributed by atoms with Crippen LogP contribution in [0.1, 0.15) is 68.6 Å². The third-order valence-corrected chi connectivity index (χ3v) is 5.26. The third kappa shape index (κ3) is 6.80. The number of aryl methyl sites for hydroxylation is 2. The van der Waals surface area contributed by atoms with Gasteiger partial charge in [0.1, 0.15) is 11.4 Å². The summed E-state index contributed by atoms with van der Waals surface area (Å²) in [5, 5.41) is 1.04. The topological polar surface area (TPSA) is 26.3 Å². The summed E-state index contributed by atoms with van der Waals surface area (Å²) in [7, 11) is 0.122. The molecule has 0 heterocycles. The Morgan fingerprint density at radius 1 is 0.889 bits per heavy atom. The van der Waals surface area contributed by atoms with Crippen LogP contribution in [-0.4, -0.2) is 30.0 Å². The number of hydrogen-bond acceptors (Lipinski definition) is 2. The van der Waals surface area contributed by atoms with Crippen molar-refractivity contribution in [3.05, 3.63) is 58.7 Å². The Labute approximate surface area is 178 Å². The fraction of sp³-hybridized carbons (Fsp3) is 0.435. The quantitative estimate of drug-likeness (QED) is 0.516. The van der Waals surface area contributed by atoms with E-state index < -0.39 is 0 Å². The summed E-state index contributed by atoms with van der Waals surface area (Å²) in [6.45, 7) is 16.8. The van der Waals surface area contributed by atoms with Crippen molar-refractivity contribution in [2.75, 3.05) is 0 Å². The van der Waals surface area contributed by atoms with Crippen molar-refractivity contribution in [2.24, 2.45) is 0 Å². The molecule has 2 rings (SSSR count). The third-order valence-electron chi connectivity index (χ3n) is 4.16. The maximum atomic E-state index is 12.9. The fourth-order valence-electron chi connectivity index (χ4n) is 2.91. The molecule has 4 heteroatoms. The smallest absolute Gasteiger partial charge is 0.186 e. The molecule has 2 aromatic carbocycles. The number of benzene rings is 2. The van der Waals surface area contributed by atoms with Crippen molar-refractivity contribution in [3.63, 3.8) is 0 Å². The Balaban J connectivity index is 0.00000364. The summed E-state index contributed by atoms with van der Waals surface area (Å²) in [5.74, 6) is 0.834. The molecule has 0 amide bonds. The van der Waals surface area contributed by atoms with Gasteiger partial charge in [0, 0.05) is 24.4 Å². The van der Waals surface area contributed by atoms with Gasteiger partial charge >= 0.3 is 0 Å². The molecule has 1 radical (unpaired) electrons. The fourth-order valence-corrected chi connectivity index (χ4v) is 4.02. The average molecular weight is 377 g/mol. The molecule has 0 saturated carbocycles. The van der Waals surface area contributed by atoms with Gasteiger partial charge in [-0.3, -0.25) is 4.79 Å². The molecule has 0 aliphatic carbocycles. The van der Waals surface area contributed by atoms with E-state index in [0.29, 0.717) is 0 Å². The zero-order valence-electron chi connectivity index (χ0n) is 18.3. The molecule has 0 fully saturated rings. The van der Waals surface area contributed by atoms with Crippen LogP contribution in [0.25, 0.3) is 0 Å². The van der Waals surface area contributed by atoms with E-state index in [1.165, 1.54) is 5.56 Å². The van der Waals surface area contributed by atoms with Gasteiger partial charge in [-0.2, -0.15) is 0 Å². The van der Waals surface area contributed by atoms with Crippen LogP contribution in [0.5, 0.6) is 5.75 Å².